The first-order chi connectivity index (χ1) is 7.41. The van der Waals surface area contributed by atoms with E-state index in [4.69, 9.17) is 0 Å². The van der Waals surface area contributed by atoms with E-state index in [-0.39, 0.29) is 0 Å². The van der Waals surface area contributed by atoms with Gasteiger partial charge in [-0.15, -0.1) is 0 Å². The minimum atomic E-state index is 0.674. The molecule has 0 atom stereocenters. The number of aldehydes is 1. The van der Waals surface area contributed by atoms with Gasteiger partial charge in [0.25, 0.3) is 0 Å². The summed E-state index contributed by atoms with van der Waals surface area (Å²) in [7, 11) is 0. The molecular formula is C14H26O. The summed E-state index contributed by atoms with van der Waals surface area (Å²) in [6.45, 7) is 2.25. The molecule has 0 spiro atoms. The van der Waals surface area contributed by atoms with E-state index in [1.54, 1.807) is 0 Å². The van der Waals surface area contributed by atoms with Crippen LogP contribution < -0.4 is 0 Å². The highest BCUT2D eigenvalue weighted by atomic mass is 16.1. The summed E-state index contributed by atoms with van der Waals surface area (Å²) in [6, 6.07) is 0. The van der Waals surface area contributed by atoms with E-state index in [2.05, 4.69) is 19.1 Å². The molecule has 0 radical (unpaired) electrons. The lowest BCUT2D eigenvalue weighted by atomic mass is 10.1. The Labute approximate surface area is 95.0 Å². The van der Waals surface area contributed by atoms with Crippen LogP contribution in [0, 0.1) is 0 Å². The zero-order valence-corrected chi connectivity index (χ0v) is 10.2. The fraction of sp³-hybridized carbons (Fsp3) is 0.786. The van der Waals surface area contributed by atoms with E-state index in [0.717, 1.165) is 12.7 Å². The van der Waals surface area contributed by atoms with E-state index in [9.17, 15) is 4.79 Å². The Balaban J connectivity index is 2.97. The van der Waals surface area contributed by atoms with Crippen LogP contribution in [0.15, 0.2) is 12.2 Å². The fourth-order valence-corrected chi connectivity index (χ4v) is 1.62. The molecule has 0 saturated carbocycles. The quantitative estimate of drug-likeness (QED) is 0.275. The van der Waals surface area contributed by atoms with Crippen molar-refractivity contribution in [3.8, 4) is 0 Å². The molecule has 15 heavy (non-hydrogen) atoms. The van der Waals surface area contributed by atoms with E-state index >= 15 is 0 Å². The van der Waals surface area contributed by atoms with Crippen molar-refractivity contribution in [1.82, 2.24) is 0 Å². The van der Waals surface area contributed by atoms with Gasteiger partial charge in [-0.1, -0.05) is 57.6 Å². The van der Waals surface area contributed by atoms with Crippen molar-refractivity contribution in [3.63, 3.8) is 0 Å². The Morgan fingerprint density at radius 3 is 2.00 bits per heavy atom. The van der Waals surface area contributed by atoms with Crippen LogP contribution in [0.5, 0.6) is 0 Å². The highest BCUT2D eigenvalue weighted by molar-refractivity contribution is 5.49. The van der Waals surface area contributed by atoms with Gasteiger partial charge in [0.15, 0.2) is 0 Å². The standard InChI is InChI=1S/C14H26O/c1-2-3-4-5-6-7-8-9-10-11-12-13-14-15/h10-11,14H,2-9,12-13H2,1H3/b11-10+. The van der Waals surface area contributed by atoms with Crippen LogP contribution in [0.3, 0.4) is 0 Å². The Hall–Kier alpha value is -0.590. The zero-order chi connectivity index (χ0) is 11.2. The maximum absolute atomic E-state index is 10.0. The predicted octanol–water partition coefficient (Wildman–Crippen LogP) is 4.66. The number of carbonyl (C=O) groups is 1. The van der Waals surface area contributed by atoms with Crippen LogP contribution in [0.4, 0.5) is 0 Å². The Morgan fingerprint density at radius 2 is 1.33 bits per heavy atom. The van der Waals surface area contributed by atoms with E-state index in [0.29, 0.717) is 6.42 Å². The van der Waals surface area contributed by atoms with Crippen molar-refractivity contribution in [2.24, 2.45) is 0 Å². The third kappa shape index (κ3) is 13.4. The van der Waals surface area contributed by atoms with Gasteiger partial charge in [-0.25, -0.2) is 0 Å². The lowest BCUT2D eigenvalue weighted by Gasteiger charge is -1.98. The molecule has 0 aliphatic carbocycles. The second kappa shape index (κ2) is 13.4. The molecule has 0 aromatic carbocycles. The van der Waals surface area contributed by atoms with Crippen LogP contribution >= 0.6 is 0 Å². The molecule has 0 rings (SSSR count). The van der Waals surface area contributed by atoms with Crippen molar-refractivity contribution in [3.05, 3.63) is 12.2 Å². The number of rotatable bonds is 11. The molecule has 0 heterocycles. The first kappa shape index (κ1) is 14.4. The summed E-state index contributed by atoms with van der Waals surface area (Å²) < 4.78 is 0. The van der Waals surface area contributed by atoms with Gasteiger partial charge in [0.05, 0.1) is 0 Å². The third-order valence-electron chi connectivity index (χ3n) is 2.59. The molecule has 0 amide bonds. The molecule has 0 N–H and O–H groups in total. The third-order valence-corrected chi connectivity index (χ3v) is 2.59. The second-order valence-electron chi connectivity index (χ2n) is 4.13. The first-order valence-electron chi connectivity index (χ1n) is 6.50. The number of carbonyl (C=O) groups excluding carboxylic acids is 1. The lowest BCUT2D eigenvalue weighted by molar-refractivity contribution is -0.107. The second-order valence-corrected chi connectivity index (χ2v) is 4.13. The molecule has 0 aliphatic heterocycles. The highest BCUT2D eigenvalue weighted by Crippen LogP contribution is 2.08. The minimum Gasteiger partial charge on any atom is -0.303 e. The maximum atomic E-state index is 10.0. The summed E-state index contributed by atoms with van der Waals surface area (Å²) >= 11 is 0. The van der Waals surface area contributed by atoms with Crippen molar-refractivity contribution in [2.45, 2.75) is 71.1 Å². The molecule has 0 bridgehead atoms. The number of hydrogen-bond donors (Lipinski definition) is 0. The normalized spacial score (nSPS) is 11.0. The van der Waals surface area contributed by atoms with E-state index in [1.807, 2.05) is 0 Å². The highest BCUT2D eigenvalue weighted by Gasteiger charge is 1.89. The predicted molar refractivity (Wildman–Crippen MR) is 67.0 cm³/mol. The zero-order valence-electron chi connectivity index (χ0n) is 10.2. The Kier molecular flexibility index (Phi) is 12.9. The summed E-state index contributed by atoms with van der Waals surface area (Å²) in [5.41, 5.74) is 0. The van der Waals surface area contributed by atoms with Gasteiger partial charge in [-0.05, 0) is 19.3 Å². The molecule has 1 nitrogen and oxygen atoms in total. The SMILES string of the molecule is CCCCCCCCC/C=C/CCC=O. The molecule has 88 valence electrons. The molecule has 1 heteroatoms. The van der Waals surface area contributed by atoms with Crippen LogP contribution in [-0.4, -0.2) is 6.29 Å². The molecule has 0 saturated heterocycles. The summed E-state index contributed by atoms with van der Waals surface area (Å²) in [4.78, 5) is 10.0. The average Bonchev–Trinajstić information content (AvgIpc) is 2.26. The summed E-state index contributed by atoms with van der Waals surface area (Å²) in [5.74, 6) is 0. The monoisotopic (exact) mass is 210 g/mol. The topological polar surface area (TPSA) is 17.1 Å². The number of hydrogen-bond acceptors (Lipinski definition) is 1. The lowest BCUT2D eigenvalue weighted by Crippen LogP contribution is -1.79. The van der Waals surface area contributed by atoms with Gasteiger partial charge >= 0.3 is 0 Å². The van der Waals surface area contributed by atoms with Crippen molar-refractivity contribution in [2.75, 3.05) is 0 Å². The molecule has 0 aromatic rings. The average molecular weight is 210 g/mol. The molecule has 0 aromatic heterocycles. The largest absolute Gasteiger partial charge is 0.303 e. The van der Waals surface area contributed by atoms with E-state index in [1.165, 1.54) is 51.4 Å². The van der Waals surface area contributed by atoms with Crippen LogP contribution in [0.1, 0.15) is 71.1 Å². The molecule has 0 unspecified atom stereocenters. The van der Waals surface area contributed by atoms with Crippen molar-refractivity contribution in [1.29, 1.82) is 0 Å². The number of unbranched alkanes of at least 4 members (excludes halogenated alkanes) is 8. The van der Waals surface area contributed by atoms with Crippen LogP contribution in [0.2, 0.25) is 0 Å². The van der Waals surface area contributed by atoms with Crippen LogP contribution in [-0.2, 0) is 4.79 Å². The maximum Gasteiger partial charge on any atom is 0.120 e. The molecule has 0 aliphatic rings. The minimum absolute atomic E-state index is 0.674. The number of allylic oxidation sites excluding steroid dienone is 2. The van der Waals surface area contributed by atoms with Crippen LogP contribution in [0.25, 0.3) is 0 Å². The van der Waals surface area contributed by atoms with Gasteiger partial charge in [0.1, 0.15) is 6.29 Å². The van der Waals surface area contributed by atoms with Crippen molar-refractivity contribution >= 4 is 6.29 Å². The van der Waals surface area contributed by atoms with Gasteiger partial charge in [0, 0.05) is 6.42 Å². The first-order valence-corrected chi connectivity index (χ1v) is 6.50. The fourth-order valence-electron chi connectivity index (χ4n) is 1.62. The van der Waals surface area contributed by atoms with Gasteiger partial charge in [-0.3, -0.25) is 0 Å². The Bertz CT molecular complexity index is 149. The van der Waals surface area contributed by atoms with Gasteiger partial charge < -0.3 is 4.79 Å². The summed E-state index contributed by atoms with van der Waals surface area (Å²) in [5, 5.41) is 0. The summed E-state index contributed by atoms with van der Waals surface area (Å²) in [6.07, 6.45) is 17.7. The Morgan fingerprint density at radius 1 is 0.733 bits per heavy atom. The van der Waals surface area contributed by atoms with E-state index < -0.39 is 0 Å². The van der Waals surface area contributed by atoms with Gasteiger partial charge in [0.2, 0.25) is 0 Å². The smallest absolute Gasteiger partial charge is 0.120 e. The van der Waals surface area contributed by atoms with Gasteiger partial charge in [-0.2, -0.15) is 0 Å². The molecular weight excluding hydrogens is 184 g/mol. The molecule has 0 fully saturated rings. The van der Waals surface area contributed by atoms with Crippen molar-refractivity contribution < 1.29 is 4.79 Å².